The van der Waals surface area contributed by atoms with Crippen LogP contribution in [0.15, 0.2) is 53.3 Å². The van der Waals surface area contributed by atoms with Gasteiger partial charge in [-0.25, -0.2) is 0 Å². The Morgan fingerprint density at radius 3 is 2.55 bits per heavy atom. The lowest BCUT2D eigenvalue weighted by Gasteiger charge is -2.25. The normalized spacial score (nSPS) is 12.0. The van der Waals surface area contributed by atoms with Gasteiger partial charge in [-0.3, -0.25) is 9.78 Å². The Kier molecular flexibility index (Phi) is 6.91. The molecule has 0 saturated heterocycles. The first-order chi connectivity index (χ1) is 14.1. The first-order valence-corrected chi connectivity index (χ1v) is 9.37. The standard InChI is InChI=1S/C21H25N5O3/c1-26(2)18(15-4-6-17(28-3)7-5-15)14-23-19(27)8-9-20-24-21(25-29-20)16-10-12-22-13-11-16/h4-7,10-13,18H,8-9,14H2,1-3H3,(H,23,27). The highest BCUT2D eigenvalue weighted by atomic mass is 16.5. The topological polar surface area (TPSA) is 93.4 Å². The number of aryl methyl sites for hydroxylation is 1. The quantitative estimate of drug-likeness (QED) is 0.595. The highest BCUT2D eigenvalue weighted by Gasteiger charge is 2.16. The van der Waals surface area contributed by atoms with Gasteiger partial charge in [0.2, 0.25) is 17.6 Å². The number of benzene rings is 1. The van der Waals surface area contributed by atoms with Gasteiger partial charge in [-0.05, 0) is 43.9 Å². The van der Waals surface area contributed by atoms with Gasteiger partial charge in [-0.2, -0.15) is 4.98 Å². The molecule has 0 saturated carbocycles. The van der Waals surface area contributed by atoms with Crippen molar-refractivity contribution in [1.29, 1.82) is 0 Å². The minimum atomic E-state index is -0.0611. The predicted octanol–water partition coefficient (Wildman–Crippen LogP) is 2.49. The van der Waals surface area contributed by atoms with Crippen LogP contribution in [-0.2, 0) is 11.2 Å². The van der Waals surface area contributed by atoms with E-state index in [0.717, 1.165) is 16.9 Å². The fraction of sp³-hybridized carbons (Fsp3) is 0.333. The van der Waals surface area contributed by atoms with E-state index >= 15 is 0 Å². The summed E-state index contributed by atoms with van der Waals surface area (Å²) in [5.41, 5.74) is 1.93. The highest BCUT2D eigenvalue weighted by Crippen LogP contribution is 2.21. The van der Waals surface area contributed by atoms with Crippen LogP contribution in [0.2, 0.25) is 0 Å². The zero-order valence-corrected chi connectivity index (χ0v) is 16.8. The summed E-state index contributed by atoms with van der Waals surface area (Å²) in [5, 5.41) is 6.94. The van der Waals surface area contributed by atoms with Crippen LogP contribution in [0, 0.1) is 0 Å². The molecule has 3 aromatic rings. The van der Waals surface area contributed by atoms with E-state index in [2.05, 4.69) is 25.3 Å². The lowest BCUT2D eigenvalue weighted by Crippen LogP contribution is -2.34. The molecule has 152 valence electrons. The number of aromatic nitrogens is 3. The van der Waals surface area contributed by atoms with Gasteiger partial charge in [-0.1, -0.05) is 17.3 Å². The maximum absolute atomic E-state index is 12.3. The summed E-state index contributed by atoms with van der Waals surface area (Å²) < 4.78 is 10.4. The molecule has 1 aromatic carbocycles. The van der Waals surface area contributed by atoms with Crippen LogP contribution in [0.25, 0.3) is 11.4 Å². The summed E-state index contributed by atoms with van der Waals surface area (Å²) in [4.78, 5) is 22.7. The Hall–Kier alpha value is -3.26. The number of hydrogen-bond donors (Lipinski definition) is 1. The highest BCUT2D eigenvalue weighted by molar-refractivity contribution is 5.76. The van der Waals surface area contributed by atoms with E-state index in [1.165, 1.54) is 0 Å². The van der Waals surface area contributed by atoms with E-state index < -0.39 is 0 Å². The fourth-order valence-corrected chi connectivity index (χ4v) is 2.92. The first kappa shape index (κ1) is 20.5. The Bertz CT molecular complexity index is 910. The average molecular weight is 395 g/mol. The molecule has 0 bridgehead atoms. The number of hydrogen-bond acceptors (Lipinski definition) is 7. The molecule has 0 radical (unpaired) electrons. The third kappa shape index (κ3) is 5.61. The molecule has 8 nitrogen and oxygen atoms in total. The average Bonchev–Trinajstić information content (AvgIpc) is 3.22. The van der Waals surface area contributed by atoms with Crippen molar-refractivity contribution in [3.8, 4) is 17.1 Å². The van der Waals surface area contributed by atoms with Crippen LogP contribution in [0.5, 0.6) is 5.75 Å². The minimum absolute atomic E-state index is 0.0611. The van der Waals surface area contributed by atoms with Crippen molar-refractivity contribution < 1.29 is 14.1 Å². The number of rotatable bonds is 9. The van der Waals surface area contributed by atoms with Gasteiger partial charge in [0, 0.05) is 37.3 Å². The van der Waals surface area contributed by atoms with E-state index in [4.69, 9.17) is 9.26 Å². The third-order valence-electron chi connectivity index (χ3n) is 4.59. The third-order valence-corrected chi connectivity index (χ3v) is 4.59. The molecule has 1 amide bonds. The monoisotopic (exact) mass is 395 g/mol. The van der Waals surface area contributed by atoms with Crippen LogP contribution in [0.3, 0.4) is 0 Å². The van der Waals surface area contributed by atoms with Crippen molar-refractivity contribution in [3.63, 3.8) is 0 Å². The lowest BCUT2D eigenvalue weighted by atomic mass is 10.1. The van der Waals surface area contributed by atoms with E-state index in [0.29, 0.717) is 24.7 Å². The number of carbonyl (C=O) groups excluding carboxylic acids is 1. The van der Waals surface area contributed by atoms with Crippen molar-refractivity contribution in [1.82, 2.24) is 25.3 Å². The van der Waals surface area contributed by atoms with Crippen molar-refractivity contribution in [2.75, 3.05) is 27.7 Å². The van der Waals surface area contributed by atoms with Crippen molar-refractivity contribution in [3.05, 3.63) is 60.2 Å². The molecule has 0 spiro atoms. The molecular weight excluding hydrogens is 370 g/mol. The number of methoxy groups -OCH3 is 1. The zero-order chi connectivity index (χ0) is 20.6. The second-order valence-corrected chi connectivity index (χ2v) is 6.80. The fourth-order valence-electron chi connectivity index (χ4n) is 2.92. The molecule has 29 heavy (non-hydrogen) atoms. The summed E-state index contributed by atoms with van der Waals surface area (Å²) in [6, 6.07) is 11.5. The van der Waals surface area contributed by atoms with Gasteiger partial charge in [0.25, 0.3) is 0 Å². The van der Waals surface area contributed by atoms with E-state index in [-0.39, 0.29) is 18.4 Å². The number of nitrogens with one attached hydrogen (secondary N) is 1. The van der Waals surface area contributed by atoms with E-state index in [9.17, 15) is 4.79 Å². The molecule has 0 aliphatic rings. The van der Waals surface area contributed by atoms with Gasteiger partial charge in [0.15, 0.2) is 0 Å². The molecule has 2 heterocycles. The number of pyridine rings is 1. The van der Waals surface area contributed by atoms with Crippen LogP contribution in [0.1, 0.15) is 23.9 Å². The molecule has 1 unspecified atom stereocenters. The summed E-state index contributed by atoms with van der Waals surface area (Å²) in [7, 11) is 5.61. The van der Waals surface area contributed by atoms with Crippen LogP contribution in [0.4, 0.5) is 0 Å². The van der Waals surface area contributed by atoms with Crippen LogP contribution in [-0.4, -0.2) is 53.7 Å². The lowest BCUT2D eigenvalue weighted by molar-refractivity contribution is -0.121. The van der Waals surface area contributed by atoms with E-state index in [1.807, 2.05) is 50.5 Å². The number of amides is 1. The Balaban J connectivity index is 1.51. The molecule has 8 heteroatoms. The molecule has 0 aliphatic carbocycles. The first-order valence-electron chi connectivity index (χ1n) is 9.37. The van der Waals surface area contributed by atoms with Gasteiger partial charge >= 0.3 is 0 Å². The molecule has 0 aliphatic heterocycles. The molecule has 2 aromatic heterocycles. The van der Waals surface area contributed by atoms with E-state index in [1.54, 1.807) is 19.5 Å². The zero-order valence-electron chi connectivity index (χ0n) is 16.8. The maximum Gasteiger partial charge on any atom is 0.227 e. The summed E-state index contributed by atoms with van der Waals surface area (Å²) in [6.45, 7) is 0.504. The Morgan fingerprint density at radius 2 is 1.90 bits per heavy atom. The van der Waals surface area contributed by atoms with Crippen molar-refractivity contribution in [2.45, 2.75) is 18.9 Å². The number of carbonyl (C=O) groups is 1. The molecule has 0 fully saturated rings. The maximum atomic E-state index is 12.3. The van der Waals surface area contributed by atoms with Gasteiger partial charge in [0.05, 0.1) is 13.2 Å². The second kappa shape index (κ2) is 9.79. The van der Waals surface area contributed by atoms with Crippen molar-refractivity contribution in [2.24, 2.45) is 0 Å². The molecule has 3 rings (SSSR count). The number of nitrogens with zero attached hydrogens (tertiary/aromatic N) is 4. The summed E-state index contributed by atoms with van der Waals surface area (Å²) in [6.07, 6.45) is 4.01. The van der Waals surface area contributed by atoms with Gasteiger partial charge in [-0.15, -0.1) is 0 Å². The molecule has 1 N–H and O–H groups in total. The van der Waals surface area contributed by atoms with Crippen LogP contribution >= 0.6 is 0 Å². The number of likely N-dealkylation sites (N-methyl/N-ethyl adjacent to an activating group) is 1. The Morgan fingerprint density at radius 1 is 1.17 bits per heavy atom. The smallest absolute Gasteiger partial charge is 0.227 e. The largest absolute Gasteiger partial charge is 0.497 e. The summed E-state index contributed by atoms with van der Waals surface area (Å²) in [5.74, 6) is 1.68. The van der Waals surface area contributed by atoms with Gasteiger partial charge in [0.1, 0.15) is 5.75 Å². The molecular formula is C21H25N5O3. The minimum Gasteiger partial charge on any atom is -0.497 e. The van der Waals surface area contributed by atoms with Crippen molar-refractivity contribution >= 4 is 5.91 Å². The number of ether oxygens (including phenoxy) is 1. The Labute approximate surface area is 169 Å². The summed E-state index contributed by atoms with van der Waals surface area (Å²) >= 11 is 0. The van der Waals surface area contributed by atoms with Crippen LogP contribution < -0.4 is 10.1 Å². The molecule has 1 atom stereocenters. The SMILES string of the molecule is COc1ccc(C(CNC(=O)CCc2nc(-c3ccncc3)no2)N(C)C)cc1. The second-order valence-electron chi connectivity index (χ2n) is 6.80. The predicted molar refractivity (Wildman–Crippen MR) is 108 cm³/mol. The van der Waals surface area contributed by atoms with Gasteiger partial charge < -0.3 is 19.5 Å².